The number of aryl methyl sites for hydroxylation is 1. The molecule has 28 heavy (non-hydrogen) atoms. The first kappa shape index (κ1) is 20.4. The average molecular weight is 445 g/mol. The molecular weight excluding hydrogens is 420 g/mol. The quantitative estimate of drug-likeness (QED) is 0.761. The molecule has 3 rings (SSSR count). The van der Waals surface area contributed by atoms with E-state index in [4.69, 9.17) is 4.74 Å². The van der Waals surface area contributed by atoms with Crippen LogP contribution in [-0.2, 0) is 4.79 Å². The van der Waals surface area contributed by atoms with Gasteiger partial charge >= 0.3 is 0 Å². The fourth-order valence-corrected chi connectivity index (χ4v) is 3.56. The van der Waals surface area contributed by atoms with Crippen molar-refractivity contribution in [1.29, 1.82) is 0 Å². The molecule has 2 amide bonds. The molecule has 5 nitrogen and oxygen atoms in total. The van der Waals surface area contributed by atoms with Crippen LogP contribution in [0.2, 0.25) is 0 Å². The SMILES string of the molecule is Cc1cccc(OCC(=O)NC2CCN(C(=O)c3ccc(Br)cc3)CC2)c1C. The van der Waals surface area contributed by atoms with Crippen molar-refractivity contribution < 1.29 is 14.3 Å². The fraction of sp³-hybridized carbons (Fsp3) is 0.364. The highest BCUT2D eigenvalue weighted by Gasteiger charge is 2.24. The minimum absolute atomic E-state index is 0.00231. The van der Waals surface area contributed by atoms with Crippen molar-refractivity contribution in [2.24, 2.45) is 0 Å². The van der Waals surface area contributed by atoms with Crippen LogP contribution in [0.25, 0.3) is 0 Å². The Hall–Kier alpha value is -2.34. The smallest absolute Gasteiger partial charge is 0.258 e. The van der Waals surface area contributed by atoms with Gasteiger partial charge in [-0.05, 0) is 68.1 Å². The zero-order chi connectivity index (χ0) is 20.1. The summed E-state index contributed by atoms with van der Waals surface area (Å²) in [7, 11) is 0. The summed E-state index contributed by atoms with van der Waals surface area (Å²) < 4.78 is 6.62. The Labute approximate surface area is 174 Å². The van der Waals surface area contributed by atoms with E-state index in [1.54, 1.807) is 0 Å². The van der Waals surface area contributed by atoms with Crippen molar-refractivity contribution in [3.8, 4) is 5.75 Å². The number of amides is 2. The minimum Gasteiger partial charge on any atom is -0.483 e. The van der Waals surface area contributed by atoms with Crippen LogP contribution in [0, 0.1) is 13.8 Å². The molecule has 1 aliphatic rings. The fourth-order valence-electron chi connectivity index (χ4n) is 3.30. The summed E-state index contributed by atoms with van der Waals surface area (Å²) in [5.74, 6) is 0.652. The van der Waals surface area contributed by atoms with Gasteiger partial charge in [-0.25, -0.2) is 0 Å². The summed E-state index contributed by atoms with van der Waals surface area (Å²) in [6.45, 7) is 5.28. The molecule has 2 aromatic rings. The Balaban J connectivity index is 1.44. The van der Waals surface area contributed by atoms with Crippen molar-refractivity contribution in [2.75, 3.05) is 19.7 Å². The van der Waals surface area contributed by atoms with Gasteiger partial charge in [0.15, 0.2) is 6.61 Å². The van der Waals surface area contributed by atoms with Crippen molar-refractivity contribution >= 4 is 27.7 Å². The number of nitrogens with one attached hydrogen (secondary N) is 1. The van der Waals surface area contributed by atoms with Crippen molar-refractivity contribution in [3.63, 3.8) is 0 Å². The van der Waals surface area contributed by atoms with Crippen LogP contribution in [0.15, 0.2) is 46.9 Å². The number of nitrogens with zero attached hydrogens (tertiary/aromatic N) is 1. The van der Waals surface area contributed by atoms with Gasteiger partial charge in [0.2, 0.25) is 0 Å². The van der Waals surface area contributed by atoms with Crippen molar-refractivity contribution in [3.05, 3.63) is 63.6 Å². The molecule has 1 N–H and O–H groups in total. The highest BCUT2D eigenvalue weighted by Crippen LogP contribution is 2.20. The lowest BCUT2D eigenvalue weighted by Crippen LogP contribution is -2.47. The molecule has 0 unspecified atom stereocenters. The third-order valence-corrected chi connectivity index (χ3v) is 5.68. The Morgan fingerprint density at radius 1 is 1.11 bits per heavy atom. The third-order valence-electron chi connectivity index (χ3n) is 5.15. The number of piperidine rings is 1. The monoisotopic (exact) mass is 444 g/mol. The number of hydrogen-bond acceptors (Lipinski definition) is 3. The molecule has 0 spiro atoms. The molecule has 1 saturated heterocycles. The number of likely N-dealkylation sites (tertiary alicyclic amines) is 1. The van der Waals surface area contributed by atoms with Gasteiger partial charge in [-0.2, -0.15) is 0 Å². The van der Waals surface area contributed by atoms with E-state index in [0.29, 0.717) is 18.7 Å². The highest BCUT2D eigenvalue weighted by molar-refractivity contribution is 9.10. The highest BCUT2D eigenvalue weighted by atomic mass is 79.9. The Kier molecular flexibility index (Phi) is 6.73. The maximum absolute atomic E-state index is 12.6. The van der Waals surface area contributed by atoms with E-state index in [2.05, 4.69) is 21.2 Å². The number of carbonyl (C=O) groups is 2. The Morgan fingerprint density at radius 2 is 1.79 bits per heavy atom. The van der Waals surface area contributed by atoms with Crippen LogP contribution < -0.4 is 10.1 Å². The molecule has 0 aliphatic carbocycles. The Morgan fingerprint density at radius 3 is 2.46 bits per heavy atom. The van der Waals surface area contributed by atoms with Crippen LogP contribution in [0.5, 0.6) is 5.75 Å². The number of benzene rings is 2. The van der Waals surface area contributed by atoms with E-state index in [9.17, 15) is 9.59 Å². The second-order valence-corrected chi connectivity index (χ2v) is 8.04. The molecule has 0 saturated carbocycles. The molecule has 0 aromatic heterocycles. The van der Waals surface area contributed by atoms with Gasteiger partial charge in [-0.1, -0.05) is 28.1 Å². The van der Waals surface area contributed by atoms with E-state index >= 15 is 0 Å². The minimum atomic E-state index is -0.126. The maximum Gasteiger partial charge on any atom is 0.258 e. The lowest BCUT2D eigenvalue weighted by Gasteiger charge is -2.32. The van der Waals surface area contributed by atoms with Gasteiger partial charge in [0.1, 0.15) is 5.75 Å². The summed E-state index contributed by atoms with van der Waals surface area (Å²) in [5.41, 5.74) is 2.88. The molecule has 6 heteroatoms. The third kappa shape index (κ3) is 5.13. The van der Waals surface area contributed by atoms with Crippen molar-refractivity contribution in [1.82, 2.24) is 10.2 Å². The number of carbonyl (C=O) groups excluding carboxylic acids is 2. The number of halogens is 1. The second kappa shape index (κ2) is 9.24. The average Bonchev–Trinajstić information content (AvgIpc) is 2.70. The van der Waals surface area contributed by atoms with Gasteiger partial charge in [-0.15, -0.1) is 0 Å². The molecule has 0 radical (unpaired) electrons. The molecule has 1 fully saturated rings. The molecule has 1 heterocycles. The zero-order valence-electron chi connectivity index (χ0n) is 16.2. The summed E-state index contributed by atoms with van der Waals surface area (Å²) in [5, 5.41) is 3.02. The van der Waals surface area contributed by atoms with Crippen LogP contribution in [-0.4, -0.2) is 42.5 Å². The van der Waals surface area contributed by atoms with Crippen LogP contribution >= 0.6 is 15.9 Å². The van der Waals surface area contributed by atoms with E-state index in [1.165, 1.54) is 0 Å². The molecule has 148 valence electrons. The molecule has 0 bridgehead atoms. The normalized spacial score (nSPS) is 14.6. The first-order chi connectivity index (χ1) is 13.4. The van der Waals surface area contributed by atoms with Gasteiger partial charge in [0.25, 0.3) is 11.8 Å². The lowest BCUT2D eigenvalue weighted by atomic mass is 10.0. The predicted molar refractivity (Wildman–Crippen MR) is 113 cm³/mol. The summed E-state index contributed by atoms with van der Waals surface area (Å²) in [6, 6.07) is 13.3. The molecule has 0 atom stereocenters. The summed E-state index contributed by atoms with van der Waals surface area (Å²) in [6.07, 6.45) is 1.50. The van der Waals surface area contributed by atoms with Gasteiger partial charge < -0.3 is 15.0 Å². The second-order valence-electron chi connectivity index (χ2n) is 7.13. The number of hydrogen-bond donors (Lipinski definition) is 1. The van der Waals surface area contributed by atoms with Crippen molar-refractivity contribution in [2.45, 2.75) is 32.7 Å². The van der Waals surface area contributed by atoms with Gasteiger partial charge in [0.05, 0.1) is 0 Å². The lowest BCUT2D eigenvalue weighted by molar-refractivity contribution is -0.124. The van der Waals surface area contributed by atoms with E-state index in [0.717, 1.165) is 34.2 Å². The van der Waals surface area contributed by atoms with Gasteiger partial charge in [-0.3, -0.25) is 9.59 Å². The van der Waals surface area contributed by atoms with Crippen LogP contribution in [0.4, 0.5) is 0 Å². The summed E-state index contributed by atoms with van der Waals surface area (Å²) in [4.78, 5) is 26.6. The maximum atomic E-state index is 12.6. The standard InChI is InChI=1S/C22H25BrN2O3/c1-15-4-3-5-20(16(15)2)28-14-21(26)24-19-10-12-25(13-11-19)22(27)17-6-8-18(23)9-7-17/h3-9,19H,10-14H2,1-2H3,(H,24,26). The van der Waals surface area contributed by atoms with Crippen LogP contribution in [0.1, 0.15) is 34.3 Å². The first-order valence-corrected chi connectivity index (χ1v) is 10.3. The number of rotatable bonds is 5. The van der Waals surface area contributed by atoms with Gasteiger partial charge in [0, 0.05) is 29.2 Å². The first-order valence-electron chi connectivity index (χ1n) is 9.47. The van der Waals surface area contributed by atoms with E-state index in [1.807, 2.05) is 61.2 Å². The predicted octanol–water partition coefficient (Wildman–Crippen LogP) is 3.87. The zero-order valence-corrected chi connectivity index (χ0v) is 17.8. The van der Waals surface area contributed by atoms with Crippen LogP contribution in [0.3, 0.4) is 0 Å². The molecule has 2 aromatic carbocycles. The van der Waals surface area contributed by atoms with E-state index < -0.39 is 0 Å². The van der Waals surface area contributed by atoms with E-state index in [-0.39, 0.29) is 24.5 Å². The Bertz CT molecular complexity index is 843. The molecule has 1 aliphatic heterocycles. The number of ether oxygens (including phenoxy) is 1. The molecular formula is C22H25BrN2O3. The summed E-state index contributed by atoms with van der Waals surface area (Å²) >= 11 is 3.38. The topological polar surface area (TPSA) is 58.6 Å². The largest absolute Gasteiger partial charge is 0.483 e.